The number of aryl methyl sites for hydroxylation is 1. The van der Waals surface area contributed by atoms with Gasteiger partial charge in [-0.2, -0.15) is 26.3 Å². The summed E-state index contributed by atoms with van der Waals surface area (Å²) in [7, 11) is 9.25. The number of alkyl halides is 6. The molecule has 101 heavy (non-hydrogen) atoms. The second-order valence-electron chi connectivity index (χ2n) is 28.2. The number of amides is 11. The Morgan fingerprint density at radius 1 is 0.624 bits per heavy atom. The van der Waals surface area contributed by atoms with Crippen molar-refractivity contribution in [1.29, 1.82) is 0 Å². The van der Waals surface area contributed by atoms with E-state index in [1.54, 1.807) is 27.7 Å². The predicted octanol–water partition coefficient (Wildman–Crippen LogP) is 5.97. The Hall–Kier alpha value is -7.99. The zero-order valence-corrected chi connectivity index (χ0v) is 60.0. The predicted molar refractivity (Wildman–Crippen MR) is 354 cm³/mol. The standard InChI is InChI=1S/C70H99F8N11O12/c1-14-41(5)59-65(98)84(9)38-56(92)82(7)39-57(93)87(12)53(34-43-22-25-46(26-23-43)69(73,74)75)64(97)83(8)37-54(90)79-50(27-24-44-32-48(71)58(49(72)33-44)70(76,77)78)63(96)89-36-47(101-15-2)35-52(89)62(95)81-68(28-18-19-29-68)67(100)88(13)60(45-20-16-17-21-45)66(99)85(10)42(6)31-55(91)86(11)51(30-40(3)4)61(94)80-59/h22-23,25-26,32-33,40-42,45,47,50-53,59-60H,14-21,24,27-31,34-39H2,1-13H3,(H,79,90)(H,80,94)(H,81,95)/t41-,42+,47+,50-,51-,52-,53-,59-,60-/m0/s1. The minimum atomic E-state index is -5.44. The van der Waals surface area contributed by atoms with Crippen LogP contribution in [0.3, 0.4) is 0 Å². The van der Waals surface area contributed by atoms with E-state index in [0.717, 1.165) is 68.7 Å². The maximum Gasteiger partial charge on any atom is 0.422 e. The smallest absolute Gasteiger partial charge is 0.377 e. The Morgan fingerprint density at radius 2 is 1.20 bits per heavy atom. The topological polar surface area (TPSA) is 259 Å². The van der Waals surface area contributed by atoms with Crippen LogP contribution in [0.5, 0.6) is 0 Å². The number of likely N-dealkylation sites (N-methyl/N-ethyl adjacent to an activating group) is 7. The average molecular weight is 1440 g/mol. The molecule has 3 N–H and O–H groups in total. The van der Waals surface area contributed by atoms with Gasteiger partial charge in [-0.3, -0.25) is 52.7 Å². The van der Waals surface area contributed by atoms with Gasteiger partial charge in [0.15, 0.2) is 0 Å². The van der Waals surface area contributed by atoms with Crippen LogP contribution in [0.4, 0.5) is 35.1 Å². The van der Waals surface area contributed by atoms with Crippen molar-refractivity contribution < 1.29 is 92.6 Å². The molecule has 2 saturated carbocycles. The fourth-order valence-electron chi connectivity index (χ4n) is 14.0. The lowest BCUT2D eigenvalue weighted by molar-refractivity contribution is -0.153. The van der Waals surface area contributed by atoms with Gasteiger partial charge in [-0.25, -0.2) is 8.78 Å². The second kappa shape index (κ2) is 34.8. The molecule has 4 fully saturated rings. The van der Waals surface area contributed by atoms with Gasteiger partial charge in [0.05, 0.1) is 31.3 Å². The minimum Gasteiger partial charge on any atom is -0.377 e. The summed E-state index contributed by atoms with van der Waals surface area (Å²) >= 11 is 0. The van der Waals surface area contributed by atoms with Crippen LogP contribution in [0.25, 0.3) is 0 Å². The fourth-order valence-corrected chi connectivity index (χ4v) is 14.0. The molecule has 6 rings (SSSR count). The molecule has 31 heteroatoms. The van der Waals surface area contributed by atoms with Crippen LogP contribution in [0.1, 0.15) is 147 Å². The Morgan fingerprint density at radius 3 is 1.75 bits per heavy atom. The Kier molecular flexibility index (Phi) is 28.2. The van der Waals surface area contributed by atoms with Crippen molar-refractivity contribution >= 4 is 65.0 Å². The third-order valence-corrected chi connectivity index (χ3v) is 20.3. The maximum absolute atomic E-state index is 15.5. The van der Waals surface area contributed by atoms with Gasteiger partial charge in [-0.15, -0.1) is 0 Å². The van der Waals surface area contributed by atoms with Crippen LogP contribution in [-0.4, -0.2) is 240 Å². The van der Waals surface area contributed by atoms with Gasteiger partial charge in [0, 0.05) is 87.8 Å². The molecule has 23 nitrogen and oxygen atoms in total. The van der Waals surface area contributed by atoms with E-state index in [9.17, 15) is 59.9 Å². The van der Waals surface area contributed by atoms with E-state index in [2.05, 4.69) is 16.0 Å². The molecule has 1 spiro atoms. The van der Waals surface area contributed by atoms with E-state index >= 15 is 28.0 Å². The van der Waals surface area contributed by atoms with Crippen molar-refractivity contribution in [2.45, 2.75) is 204 Å². The van der Waals surface area contributed by atoms with E-state index in [1.807, 2.05) is 13.8 Å². The number of halogens is 8. The first-order valence-corrected chi connectivity index (χ1v) is 34.5. The van der Waals surface area contributed by atoms with E-state index in [1.165, 1.54) is 57.0 Å². The molecule has 0 unspecified atom stereocenters. The highest BCUT2D eigenvalue weighted by molar-refractivity contribution is 5.99. The van der Waals surface area contributed by atoms with Crippen LogP contribution in [0.15, 0.2) is 36.4 Å². The zero-order chi connectivity index (χ0) is 75.5. The van der Waals surface area contributed by atoms with E-state index in [4.69, 9.17) is 4.74 Å². The zero-order valence-electron chi connectivity index (χ0n) is 60.0. The van der Waals surface area contributed by atoms with E-state index in [-0.39, 0.29) is 68.2 Å². The minimum absolute atomic E-state index is 0.0816. The monoisotopic (exact) mass is 1440 g/mol. The van der Waals surface area contributed by atoms with Crippen molar-refractivity contribution in [3.05, 3.63) is 70.3 Å². The number of carbonyl (C=O) groups is 11. The quantitative estimate of drug-likeness (QED) is 0.208. The van der Waals surface area contributed by atoms with Gasteiger partial charge in [-0.1, -0.05) is 71.9 Å². The van der Waals surface area contributed by atoms with Gasteiger partial charge in [0.1, 0.15) is 59.0 Å². The summed E-state index contributed by atoms with van der Waals surface area (Å²) in [6, 6.07) is -4.74. The molecule has 2 saturated heterocycles. The number of nitrogens with one attached hydrogen (secondary N) is 3. The number of nitrogens with zero attached hydrogens (tertiary/aromatic N) is 8. The highest BCUT2D eigenvalue weighted by Crippen LogP contribution is 2.39. The summed E-state index contributed by atoms with van der Waals surface area (Å²) in [6.45, 7) is 7.91. The van der Waals surface area contributed by atoms with Gasteiger partial charge in [-0.05, 0) is 112 Å². The lowest BCUT2D eigenvalue weighted by Gasteiger charge is -2.41. The molecule has 2 aliphatic carbocycles. The molecule has 2 aromatic rings. The molecular formula is C70H99F8N11O12. The number of hydrogen-bond acceptors (Lipinski definition) is 12. The molecule has 9 atom stereocenters. The van der Waals surface area contributed by atoms with Crippen LogP contribution >= 0.6 is 0 Å². The third kappa shape index (κ3) is 20.4. The lowest BCUT2D eigenvalue weighted by Crippen LogP contribution is -2.64. The molecular weight excluding hydrogens is 1340 g/mol. The summed E-state index contributed by atoms with van der Waals surface area (Å²) in [5.41, 5.74) is -5.16. The van der Waals surface area contributed by atoms with Crippen molar-refractivity contribution in [3.63, 3.8) is 0 Å². The molecule has 0 radical (unpaired) electrons. The number of fused-ring (bicyclic) bond motifs is 1. The lowest BCUT2D eigenvalue weighted by atomic mass is 9.90. The summed E-state index contributed by atoms with van der Waals surface area (Å²) in [6.07, 6.45) is -8.99. The number of ether oxygens (including phenoxy) is 1. The molecule has 11 amide bonds. The summed E-state index contributed by atoms with van der Waals surface area (Å²) < 4.78 is 119. The molecule has 562 valence electrons. The van der Waals surface area contributed by atoms with Crippen molar-refractivity contribution in [2.24, 2.45) is 17.8 Å². The number of hydrogen-bond donors (Lipinski definition) is 3. The highest BCUT2D eigenvalue weighted by atomic mass is 19.4. The number of rotatable bonds is 12. The van der Waals surface area contributed by atoms with Crippen molar-refractivity contribution in [3.8, 4) is 0 Å². The normalized spacial score (nSPS) is 25.6. The highest BCUT2D eigenvalue weighted by Gasteiger charge is 2.52. The third-order valence-electron chi connectivity index (χ3n) is 20.3. The van der Waals surface area contributed by atoms with Gasteiger partial charge in [0.2, 0.25) is 65.0 Å². The first-order valence-electron chi connectivity index (χ1n) is 34.5. The second-order valence-corrected chi connectivity index (χ2v) is 28.2. The molecule has 0 bridgehead atoms. The fraction of sp³-hybridized carbons (Fsp3) is 0.671. The molecule has 2 aromatic carbocycles. The number of benzene rings is 2. The first kappa shape index (κ1) is 82.0. The average Bonchev–Trinajstić information content (AvgIpc) is 1.69. The van der Waals surface area contributed by atoms with Crippen LogP contribution in [0, 0.1) is 29.4 Å². The Labute approximate surface area is 585 Å². The SMILES string of the molecule is CCO[C@@H]1C[C@H]2C(=O)NC3(CCCC3)C(=O)N(C)[C@@H](C3CCCC3)C(=O)N(C)[C@H](C)CC(=O)N(C)[C@@H](CC(C)C)C(=O)N[C@@H]([C@@H](C)CC)C(=O)N(C)CC(=O)N(C)CC(=O)N(C)[C@@H](Cc3ccc(C(F)(F)F)cc3)C(=O)N(C)CC(=O)N[C@@H](CCc3cc(F)c(C(F)(F)F)c(F)c3)C(=O)N2C1. The maximum atomic E-state index is 15.5. The largest absolute Gasteiger partial charge is 0.422 e. The summed E-state index contributed by atoms with van der Waals surface area (Å²) in [5.74, 6) is -13.7. The summed E-state index contributed by atoms with van der Waals surface area (Å²) in [4.78, 5) is 171. The van der Waals surface area contributed by atoms with E-state index < -0.39 is 199 Å². The summed E-state index contributed by atoms with van der Waals surface area (Å²) in [5, 5.41) is 8.32. The Balaban J connectivity index is 1.45. The van der Waals surface area contributed by atoms with Crippen LogP contribution < -0.4 is 16.0 Å². The number of carbonyl (C=O) groups excluding carboxylic acids is 11. The molecule has 4 aliphatic rings. The Bertz CT molecular complexity index is 3310. The van der Waals surface area contributed by atoms with Gasteiger partial charge >= 0.3 is 12.4 Å². The van der Waals surface area contributed by atoms with Gasteiger partial charge in [0.25, 0.3) is 0 Å². The van der Waals surface area contributed by atoms with Crippen LogP contribution in [0.2, 0.25) is 0 Å². The van der Waals surface area contributed by atoms with Gasteiger partial charge < -0.3 is 59.9 Å². The molecule has 2 aliphatic heterocycles. The molecule has 0 aromatic heterocycles. The first-order chi connectivity index (χ1) is 47.2. The van der Waals surface area contributed by atoms with Crippen molar-refractivity contribution in [2.75, 3.05) is 82.1 Å². The molecule has 2 heterocycles. The van der Waals surface area contributed by atoms with E-state index in [0.29, 0.717) is 44.2 Å². The van der Waals surface area contributed by atoms with Crippen LogP contribution in [-0.2, 0) is 82.7 Å². The van der Waals surface area contributed by atoms with Crippen molar-refractivity contribution in [1.82, 2.24) is 55.1 Å².